The molecule has 4 rings (SSSR count). The second-order valence-corrected chi connectivity index (χ2v) is 8.96. The summed E-state index contributed by atoms with van der Waals surface area (Å²) < 4.78 is 2.14. The lowest BCUT2D eigenvalue weighted by Gasteiger charge is -2.37. The maximum Gasteiger partial charge on any atom is 0.230 e. The quantitative estimate of drug-likeness (QED) is 0.730. The zero-order valence-corrected chi connectivity index (χ0v) is 17.8. The average molecular weight is 393 g/mol. The van der Waals surface area contributed by atoms with Crippen LogP contribution in [0.2, 0.25) is 0 Å². The number of nitrogens with one attached hydrogen (secondary N) is 1. The van der Waals surface area contributed by atoms with Gasteiger partial charge in [-0.1, -0.05) is 42.0 Å². The number of rotatable bonds is 7. The predicted molar refractivity (Wildman–Crippen MR) is 115 cm³/mol. The lowest BCUT2D eigenvalue weighted by atomic mass is 9.70. The fourth-order valence-electron chi connectivity index (χ4n) is 5.01. The van der Waals surface area contributed by atoms with Gasteiger partial charge in [-0.25, -0.2) is 4.98 Å². The fourth-order valence-corrected chi connectivity index (χ4v) is 5.01. The Morgan fingerprint density at radius 1 is 1.31 bits per heavy atom. The van der Waals surface area contributed by atoms with E-state index in [1.54, 1.807) is 0 Å². The molecule has 2 aliphatic heterocycles. The summed E-state index contributed by atoms with van der Waals surface area (Å²) in [5.41, 5.74) is 2.20. The van der Waals surface area contributed by atoms with E-state index in [0.717, 1.165) is 31.6 Å². The van der Waals surface area contributed by atoms with Crippen LogP contribution < -0.4 is 5.32 Å². The molecule has 3 atom stereocenters. The van der Waals surface area contributed by atoms with Crippen LogP contribution in [0.3, 0.4) is 0 Å². The number of benzene rings is 1. The average Bonchev–Trinajstić information content (AvgIpc) is 3.44. The van der Waals surface area contributed by atoms with Gasteiger partial charge < -0.3 is 14.8 Å². The Bertz CT molecular complexity index is 883. The molecule has 1 N–H and O–H groups in total. The van der Waals surface area contributed by atoms with E-state index in [1.807, 2.05) is 30.4 Å². The molecular weight excluding hydrogens is 360 g/mol. The predicted octanol–water partition coefficient (Wildman–Crippen LogP) is 3.76. The Labute approximate surface area is 173 Å². The SMILES string of the molecule is CC(C)=CC[C@@]1(C(=O)N(C)Cc2nccn2Cc2ccccc2)C[C@@H]2CC[C@H]1N2. The third-order valence-corrected chi connectivity index (χ3v) is 6.54. The minimum Gasteiger partial charge on any atom is -0.338 e. The highest BCUT2D eigenvalue weighted by atomic mass is 16.2. The van der Waals surface area contributed by atoms with Gasteiger partial charge in [-0.05, 0) is 45.1 Å². The summed E-state index contributed by atoms with van der Waals surface area (Å²) in [7, 11) is 1.93. The number of hydrogen-bond acceptors (Lipinski definition) is 3. The zero-order chi connectivity index (χ0) is 20.4. The summed E-state index contributed by atoms with van der Waals surface area (Å²) in [6.07, 6.45) is 10.1. The smallest absolute Gasteiger partial charge is 0.230 e. The molecule has 3 heterocycles. The van der Waals surface area contributed by atoms with E-state index >= 15 is 0 Å². The van der Waals surface area contributed by atoms with Crippen LogP contribution in [0.4, 0.5) is 0 Å². The lowest BCUT2D eigenvalue weighted by Crippen LogP contribution is -2.48. The van der Waals surface area contributed by atoms with Gasteiger partial charge in [0, 0.05) is 38.1 Å². The van der Waals surface area contributed by atoms with Gasteiger partial charge in [0.15, 0.2) is 0 Å². The van der Waals surface area contributed by atoms with E-state index in [-0.39, 0.29) is 11.3 Å². The molecular formula is C24H32N4O. The van der Waals surface area contributed by atoms with Crippen LogP contribution in [0.5, 0.6) is 0 Å². The highest BCUT2D eigenvalue weighted by Crippen LogP contribution is 2.47. The number of imidazole rings is 1. The first-order valence-electron chi connectivity index (χ1n) is 10.7. The van der Waals surface area contributed by atoms with E-state index in [9.17, 15) is 4.79 Å². The molecule has 0 unspecified atom stereocenters. The Morgan fingerprint density at radius 3 is 2.76 bits per heavy atom. The summed E-state index contributed by atoms with van der Waals surface area (Å²) in [4.78, 5) is 20.1. The fraction of sp³-hybridized carbons (Fsp3) is 0.500. The molecule has 2 fully saturated rings. The molecule has 1 amide bonds. The standard InChI is InChI=1S/C24H32N4O/c1-18(2)11-12-24(15-20-9-10-21(24)26-20)23(29)27(3)17-22-25-13-14-28(22)16-19-7-5-4-6-8-19/h4-8,11,13-14,20-21,26H,9-10,12,15-17H2,1-3H3/t20-,21+,24+/m0/s1. The highest BCUT2D eigenvalue weighted by molar-refractivity contribution is 5.84. The van der Waals surface area contributed by atoms with Crippen molar-refractivity contribution in [1.29, 1.82) is 0 Å². The maximum absolute atomic E-state index is 13.7. The first kappa shape index (κ1) is 19.9. The molecule has 0 spiro atoms. The molecule has 0 radical (unpaired) electrons. The molecule has 1 aromatic carbocycles. The minimum atomic E-state index is -0.314. The van der Waals surface area contributed by atoms with Crippen LogP contribution in [-0.2, 0) is 17.9 Å². The van der Waals surface area contributed by atoms with E-state index in [1.165, 1.54) is 17.6 Å². The number of fused-ring (bicyclic) bond motifs is 2. The molecule has 1 aromatic heterocycles. The Hall–Kier alpha value is -2.40. The van der Waals surface area contributed by atoms with Crippen molar-refractivity contribution < 1.29 is 4.79 Å². The van der Waals surface area contributed by atoms with Crippen molar-refractivity contribution in [2.45, 2.75) is 64.7 Å². The summed E-state index contributed by atoms with van der Waals surface area (Å²) in [6.45, 7) is 5.53. The van der Waals surface area contributed by atoms with E-state index < -0.39 is 0 Å². The number of nitrogens with zero attached hydrogens (tertiary/aromatic N) is 3. The summed E-state index contributed by atoms with van der Waals surface area (Å²) in [5, 5.41) is 3.68. The molecule has 2 saturated heterocycles. The normalized spacial score (nSPS) is 25.2. The second kappa shape index (κ2) is 8.15. The topological polar surface area (TPSA) is 50.2 Å². The van der Waals surface area contributed by atoms with Gasteiger partial charge in [0.05, 0.1) is 12.0 Å². The third kappa shape index (κ3) is 4.01. The van der Waals surface area contributed by atoms with Crippen molar-refractivity contribution in [3.63, 3.8) is 0 Å². The van der Waals surface area contributed by atoms with Crippen molar-refractivity contribution >= 4 is 5.91 Å². The van der Waals surface area contributed by atoms with Gasteiger partial charge in [0.25, 0.3) is 0 Å². The number of allylic oxidation sites excluding steroid dienone is 2. The molecule has 154 valence electrons. The Balaban J connectivity index is 1.51. The summed E-state index contributed by atoms with van der Waals surface area (Å²) >= 11 is 0. The van der Waals surface area contributed by atoms with E-state index in [2.05, 4.69) is 59.1 Å². The number of carbonyl (C=O) groups excluding carboxylic acids is 1. The minimum absolute atomic E-state index is 0.254. The van der Waals surface area contributed by atoms with Crippen molar-refractivity contribution in [2.75, 3.05) is 7.05 Å². The van der Waals surface area contributed by atoms with Crippen LogP contribution in [0.1, 0.15) is 50.9 Å². The molecule has 2 aromatic rings. The molecule has 2 bridgehead atoms. The lowest BCUT2D eigenvalue weighted by molar-refractivity contribution is -0.142. The molecule has 0 aliphatic carbocycles. The van der Waals surface area contributed by atoms with Crippen molar-refractivity contribution in [1.82, 2.24) is 19.8 Å². The first-order chi connectivity index (χ1) is 14.0. The number of hydrogen-bond donors (Lipinski definition) is 1. The highest BCUT2D eigenvalue weighted by Gasteiger charge is 2.55. The maximum atomic E-state index is 13.7. The van der Waals surface area contributed by atoms with E-state index in [4.69, 9.17) is 0 Å². The second-order valence-electron chi connectivity index (χ2n) is 8.96. The Kier molecular flexibility index (Phi) is 5.59. The van der Waals surface area contributed by atoms with Gasteiger partial charge in [-0.3, -0.25) is 4.79 Å². The van der Waals surface area contributed by atoms with Gasteiger partial charge in [-0.2, -0.15) is 0 Å². The molecule has 5 heteroatoms. The molecule has 2 aliphatic rings. The van der Waals surface area contributed by atoms with Crippen LogP contribution in [0, 0.1) is 5.41 Å². The largest absolute Gasteiger partial charge is 0.338 e. The van der Waals surface area contributed by atoms with E-state index in [0.29, 0.717) is 18.6 Å². The number of amides is 1. The van der Waals surface area contributed by atoms with Crippen LogP contribution in [0.25, 0.3) is 0 Å². The van der Waals surface area contributed by atoms with Crippen molar-refractivity contribution in [3.05, 3.63) is 65.8 Å². The Morgan fingerprint density at radius 2 is 2.10 bits per heavy atom. The van der Waals surface area contributed by atoms with Gasteiger partial charge >= 0.3 is 0 Å². The molecule has 5 nitrogen and oxygen atoms in total. The summed E-state index contributed by atoms with van der Waals surface area (Å²) in [6, 6.07) is 11.2. The third-order valence-electron chi connectivity index (χ3n) is 6.54. The number of aromatic nitrogens is 2. The monoisotopic (exact) mass is 392 g/mol. The zero-order valence-electron chi connectivity index (χ0n) is 17.8. The summed E-state index contributed by atoms with van der Waals surface area (Å²) in [5.74, 6) is 1.18. The number of carbonyl (C=O) groups is 1. The van der Waals surface area contributed by atoms with Crippen LogP contribution in [-0.4, -0.2) is 39.5 Å². The van der Waals surface area contributed by atoms with Crippen LogP contribution in [0.15, 0.2) is 54.4 Å². The van der Waals surface area contributed by atoms with Gasteiger partial charge in [0.2, 0.25) is 5.91 Å². The molecule has 29 heavy (non-hydrogen) atoms. The van der Waals surface area contributed by atoms with Crippen molar-refractivity contribution in [3.8, 4) is 0 Å². The molecule has 0 saturated carbocycles. The first-order valence-corrected chi connectivity index (χ1v) is 10.7. The van der Waals surface area contributed by atoms with Gasteiger partial charge in [-0.15, -0.1) is 0 Å². The van der Waals surface area contributed by atoms with Crippen LogP contribution >= 0.6 is 0 Å². The van der Waals surface area contributed by atoms with Crippen molar-refractivity contribution in [2.24, 2.45) is 5.41 Å². The van der Waals surface area contributed by atoms with Gasteiger partial charge in [0.1, 0.15) is 5.82 Å².